The van der Waals surface area contributed by atoms with Crippen LogP contribution < -0.4 is 0 Å². The summed E-state index contributed by atoms with van der Waals surface area (Å²) in [6, 6.07) is 0. The number of phosphoric ester groups is 2. The minimum absolute atomic E-state index is 0.107. The Morgan fingerprint density at radius 1 is 0.261 bits per heavy atom. The number of unbranched alkanes of at least 4 members (excludes halogenated alkanes) is 48. The minimum Gasteiger partial charge on any atom is -0.462 e. The number of rotatable bonds is 74. The van der Waals surface area contributed by atoms with E-state index in [2.05, 4.69) is 27.7 Å². The molecule has 0 spiro atoms. The number of carbonyl (C=O) groups is 4. The van der Waals surface area contributed by atoms with Gasteiger partial charge in [-0.2, -0.15) is 0 Å². The molecule has 0 aliphatic carbocycles. The van der Waals surface area contributed by atoms with Gasteiger partial charge in [0.15, 0.2) is 12.2 Å². The van der Waals surface area contributed by atoms with Crippen molar-refractivity contribution in [2.75, 3.05) is 39.6 Å². The van der Waals surface area contributed by atoms with Gasteiger partial charge < -0.3 is 33.8 Å². The quantitative estimate of drug-likeness (QED) is 0.0222. The molecule has 0 heterocycles. The topological polar surface area (TPSA) is 237 Å². The molecule has 19 heteroatoms. The van der Waals surface area contributed by atoms with Gasteiger partial charge in [-0.25, -0.2) is 9.13 Å². The molecule has 0 amide bonds. The summed E-state index contributed by atoms with van der Waals surface area (Å²) in [5.41, 5.74) is 0. The molecule has 0 fully saturated rings. The second-order valence-corrected chi connectivity index (χ2v) is 29.2. The maximum absolute atomic E-state index is 13.1. The summed E-state index contributed by atoms with van der Waals surface area (Å²) in [5, 5.41) is 10.6. The van der Waals surface area contributed by atoms with Crippen LogP contribution in [0, 0.1) is 0 Å². The molecular formula is C73H142O17P2. The van der Waals surface area contributed by atoms with Crippen LogP contribution in [-0.4, -0.2) is 96.7 Å². The van der Waals surface area contributed by atoms with E-state index in [4.69, 9.17) is 37.0 Å². The first-order chi connectivity index (χ1) is 44.7. The number of carbonyl (C=O) groups excluding carboxylic acids is 4. The Balaban J connectivity index is 5.13. The van der Waals surface area contributed by atoms with E-state index < -0.39 is 97.5 Å². The van der Waals surface area contributed by atoms with Crippen LogP contribution in [0.5, 0.6) is 0 Å². The molecule has 0 rings (SSSR count). The van der Waals surface area contributed by atoms with E-state index >= 15 is 0 Å². The summed E-state index contributed by atoms with van der Waals surface area (Å²) in [7, 11) is -9.89. The third-order valence-electron chi connectivity index (χ3n) is 17.1. The lowest BCUT2D eigenvalue weighted by Crippen LogP contribution is -2.30. The summed E-state index contributed by atoms with van der Waals surface area (Å²) in [6.07, 6.45) is 57.3. The lowest BCUT2D eigenvalue weighted by molar-refractivity contribution is -0.161. The Bertz CT molecular complexity index is 1760. The van der Waals surface area contributed by atoms with E-state index in [1.807, 2.05) is 0 Å². The Hall–Kier alpha value is -1.94. The third-order valence-corrected chi connectivity index (χ3v) is 19.0. The molecule has 0 saturated heterocycles. The van der Waals surface area contributed by atoms with E-state index in [9.17, 15) is 43.2 Å². The lowest BCUT2D eigenvalue weighted by Gasteiger charge is -2.21. The van der Waals surface area contributed by atoms with Gasteiger partial charge in [-0.15, -0.1) is 0 Å². The van der Waals surface area contributed by atoms with Crippen LogP contribution in [0.4, 0.5) is 0 Å². The third kappa shape index (κ3) is 66.7. The second-order valence-electron chi connectivity index (χ2n) is 26.3. The van der Waals surface area contributed by atoms with Crippen molar-refractivity contribution in [3.63, 3.8) is 0 Å². The van der Waals surface area contributed by atoms with Crippen LogP contribution in [0.3, 0.4) is 0 Å². The largest absolute Gasteiger partial charge is 0.472 e. The van der Waals surface area contributed by atoms with Crippen LogP contribution in [-0.2, 0) is 65.4 Å². The molecule has 17 nitrogen and oxygen atoms in total. The fourth-order valence-corrected chi connectivity index (χ4v) is 12.8. The van der Waals surface area contributed by atoms with E-state index in [1.54, 1.807) is 0 Å². The monoisotopic (exact) mass is 1350 g/mol. The molecule has 3 N–H and O–H groups in total. The van der Waals surface area contributed by atoms with Gasteiger partial charge in [-0.1, -0.05) is 336 Å². The number of aliphatic hydroxyl groups excluding tert-OH is 1. The molecule has 5 atom stereocenters. The van der Waals surface area contributed by atoms with Crippen molar-refractivity contribution < 1.29 is 80.2 Å². The fraction of sp³-hybridized carbons (Fsp3) is 0.945. The zero-order valence-corrected chi connectivity index (χ0v) is 61.3. The van der Waals surface area contributed by atoms with E-state index in [0.717, 1.165) is 96.3 Å². The zero-order chi connectivity index (χ0) is 67.5. The van der Waals surface area contributed by atoms with Gasteiger partial charge >= 0.3 is 39.5 Å². The number of phosphoric acid groups is 2. The van der Waals surface area contributed by atoms with Gasteiger partial charge in [0, 0.05) is 25.7 Å². The van der Waals surface area contributed by atoms with Gasteiger partial charge in [-0.05, 0) is 25.7 Å². The summed E-state index contributed by atoms with van der Waals surface area (Å²) >= 11 is 0. The molecule has 546 valence electrons. The highest BCUT2D eigenvalue weighted by atomic mass is 31.2. The SMILES string of the molecule is CCCCCCCCCCCCCCCCCCCCCCC(=O)O[C@H](COC(=O)CCCCCCCCCCCCCCCCC)COP(=O)(O)OC[C@@H](O)COP(=O)(O)OC[C@@H](COC(=O)CCCCCCC)OC(=O)CCCCCCCCCCCCCC. The van der Waals surface area contributed by atoms with Crippen molar-refractivity contribution in [3.05, 3.63) is 0 Å². The zero-order valence-electron chi connectivity index (χ0n) is 59.5. The van der Waals surface area contributed by atoms with Crippen molar-refractivity contribution in [1.82, 2.24) is 0 Å². The molecule has 2 unspecified atom stereocenters. The van der Waals surface area contributed by atoms with E-state index in [0.29, 0.717) is 25.7 Å². The van der Waals surface area contributed by atoms with E-state index in [-0.39, 0.29) is 25.7 Å². The number of hydrogen-bond donors (Lipinski definition) is 3. The summed E-state index contributed by atoms with van der Waals surface area (Å²) in [6.45, 7) is 4.88. The Morgan fingerprint density at radius 2 is 0.435 bits per heavy atom. The van der Waals surface area contributed by atoms with Crippen LogP contribution in [0.15, 0.2) is 0 Å². The maximum Gasteiger partial charge on any atom is 0.472 e. The molecular weight excluding hydrogens is 1210 g/mol. The molecule has 0 aliphatic heterocycles. The summed E-state index contributed by atoms with van der Waals surface area (Å²) < 4.78 is 68.2. The standard InChI is InChI=1S/C73H142O17P2/c1-5-9-13-17-20-23-26-29-31-32-33-34-35-37-39-42-45-48-52-56-60-73(78)90-69(64-84-71(76)58-54-50-46-43-41-38-36-30-27-24-21-18-14-10-6-2)66-88-92(81,82)86-62-67(74)61-85-91(79,80)87-65-68(63-83-70(75)57-53-49-16-12-8-4)89-72(77)59-55-51-47-44-40-28-25-22-19-15-11-7-3/h67-69,74H,5-66H2,1-4H3,(H,79,80)(H,81,82)/t67-,68+,69+/m0/s1. The first-order valence-electron chi connectivity index (χ1n) is 38.3. The smallest absolute Gasteiger partial charge is 0.462 e. The first-order valence-corrected chi connectivity index (χ1v) is 41.3. The summed E-state index contributed by atoms with van der Waals surface area (Å²) in [5.74, 6) is -2.13. The molecule has 0 aromatic heterocycles. The Morgan fingerprint density at radius 3 is 0.641 bits per heavy atom. The highest BCUT2D eigenvalue weighted by Crippen LogP contribution is 2.45. The van der Waals surface area contributed by atoms with Crippen LogP contribution in [0.1, 0.15) is 387 Å². The minimum atomic E-state index is -4.95. The van der Waals surface area contributed by atoms with Gasteiger partial charge in [0.1, 0.15) is 19.3 Å². The Kier molecular flexibility index (Phi) is 66.2. The molecule has 0 bridgehead atoms. The van der Waals surface area contributed by atoms with Gasteiger partial charge in [-0.3, -0.25) is 37.3 Å². The maximum atomic E-state index is 13.1. The van der Waals surface area contributed by atoms with E-state index in [1.165, 1.54) is 212 Å². The summed E-state index contributed by atoms with van der Waals surface area (Å²) in [4.78, 5) is 72.4. The molecule has 0 radical (unpaired) electrons. The normalized spacial score (nSPS) is 13.9. The van der Waals surface area contributed by atoms with Gasteiger partial charge in [0.05, 0.1) is 26.4 Å². The van der Waals surface area contributed by atoms with Crippen LogP contribution >= 0.6 is 15.6 Å². The molecule has 0 saturated carbocycles. The molecule has 92 heavy (non-hydrogen) atoms. The lowest BCUT2D eigenvalue weighted by atomic mass is 10.0. The number of ether oxygens (including phenoxy) is 4. The van der Waals surface area contributed by atoms with Gasteiger partial charge in [0.25, 0.3) is 0 Å². The van der Waals surface area contributed by atoms with Crippen LogP contribution in [0.25, 0.3) is 0 Å². The van der Waals surface area contributed by atoms with Crippen molar-refractivity contribution in [2.24, 2.45) is 0 Å². The number of hydrogen-bond acceptors (Lipinski definition) is 15. The van der Waals surface area contributed by atoms with Gasteiger partial charge in [0.2, 0.25) is 0 Å². The second kappa shape index (κ2) is 67.6. The molecule has 0 aromatic carbocycles. The average Bonchev–Trinajstić information content (AvgIpc) is 2.25. The molecule has 0 aliphatic rings. The van der Waals surface area contributed by atoms with Crippen molar-refractivity contribution >= 4 is 39.5 Å². The highest BCUT2D eigenvalue weighted by Gasteiger charge is 2.30. The van der Waals surface area contributed by atoms with Crippen LogP contribution in [0.2, 0.25) is 0 Å². The highest BCUT2D eigenvalue weighted by molar-refractivity contribution is 7.47. The number of esters is 4. The molecule has 0 aromatic rings. The first kappa shape index (κ1) is 90.1. The predicted molar refractivity (Wildman–Crippen MR) is 372 cm³/mol. The van der Waals surface area contributed by atoms with Crippen molar-refractivity contribution in [3.8, 4) is 0 Å². The fourth-order valence-electron chi connectivity index (χ4n) is 11.2. The number of aliphatic hydroxyl groups is 1. The van der Waals surface area contributed by atoms with Crippen molar-refractivity contribution in [1.29, 1.82) is 0 Å². The Labute approximate surface area is 562 Å². The van der Waals surface area contributed by atoms with Crippen molar-refractivity contribution in [2.45, 2.75) is 406 Å². The predicted octanol–water partition coefficient (Wildman–Crippen LogP) is 21.4. The average molecular weight is 1350 g/mol.